The van der Waals surface area contributed by atoms with Crippen LogP contribution in [-0.4, -0.2) is 21.4 Å². The van der Waals surface area contributed by atoms with Crippen molar-refractivity contribution in [3.63, 3.8) is 0 Å². The predicted molar refractivity (Wildman–Crippen MR) is 92.2 cm³/mol. The van der Waals surface area contributed by atoms with E-state index in [1.165, 1.54) is 11.8 Å². The van der Waals surface area contributed by atoms with Crippen molar-refractivity contribution in [2.75, 3.05) is 6.26 Å². The van der Waals surface area contributed by atoms with Crippen LogP contribution in [0.3, 0.4) is 0 Å². The van der Waals surface area contributed by atoms with Gasteiger partial charge in [-0.25, -0.2) is 15.0 Å². The quantitative estimate of drug-likeness (QED) is 0.336. The Morgan fingerprint density at radius 3 is 2.82 bits per heavy atom. The molecular formula is C15H11N5S2. The van der Waals surface area contributed by atoms with Crippen LogP contribution in [0, 0.1) is 11.5 Å². The third-order valence-corrected chi connectivity index (χ3v) is 4.48. The number of aromatic nitrogens is 2. The SMILES string of the molecule is CSC(=Nc1ccc(-c2nc3cccnc3s2)cc1)NC#N. The molecule has 1 aromatic carbocycles. The first-order valence-corrected chi connectivity index (χ1v) is 8.44. The normalized spacial score (nSPS) is 11.4. The smallest absolute Gasteiger partial charge is 0.183 e. The van der Waals surface area contributed by atoms with Gasteiger partial charge in [-0.05, 0) is 42.7 Å². The van der Waals surface area contributed by atoms with Crippen LogP contribution in [0.25, 0.3) is 20.9 Å². The van der Waals surface area contributed by atoms with Crippen molar-refractivity contribution in [2.24, 2.45) is 4.99 Å². The van der Waals surface area contributed by atoms with Crippen LogP contribution in [0.15, 0.2) is 47.6 Å². The van der Waals surface area contributed by atoms with Gasteiger partial charge in [-0.3, -0.25) is 5.32 Å². The molecule has 0 saturated carbocycles. The molecule has 7 heteroatoms. The van der Waals surface area contributed by atoms with Crippen LogP contribution >= 0.6 is 23.1 Å². The molecule has 3 rings (SSSR count). The molecule has 0 aliphatic carbocycles. The molecule has 2 heterocycles. The molecule has 2 aromatic heterocycles. The number of thioether (sulfide) groups is 1. The van der Waals surface area contributed by atoms with Gasteiger partial charge in [-0.1, -0.05) is 23.1 Å². The van der Waals surface area contributed by atoms with Crippen LogP contribution in [-0.2, 0) is 0 Å². The largest absolute Gasteiger partial charge is 0.271 e. The molecule has 0 radical (unpaired) electrons. The highest BCUT2D eigenvalue weighted by atomic mass is 32.2. The Labute approximate surface area is 135 Å². The van der Waals surface area contributed by atoms with E-state index in [1.54, 1.807) is 17.5 Å². The summed E-state index contributed by atoms with van der Waals surface area (Å²) < 4.78 is 0. The lowest BCUT2D eigenvalue weighted by molar-refractivity contribution is 1.28. The molecule has 0 aliphatic heterocycles. The maximum atomic E-state index is 8.64. The molecule has 0 spiro atoms. The fourth-order valence-corrected chi connectivity index (χ4v) is 3.12. The standard InChI is InChI=1S/C15H11N5S2/c1-21-15(18-9-16)19-11-6-4-10(5-7-11)13-20-12-3-2-8-17-14(12)22-13/h2-8H,1H3,(H,18,19). The number of hydrogen-bond donors (Lipinski definition) is 1. The second kappa shape index (κ2) is 6.56. The zero-order chi connectivity index (χ0) is 15.4. The summed E-state index contributed by atoms with van der Waals surface area (Å²) in [6.07, 6.45) is 5.51. The van der Waals surface area contributed by atoms with Crippen molar-refractivity contribution in [1.82, 2.24) is 15.3 Å². The van der Waals surface area contributed by atoms with E-state index >= 15 is 0 Å². The summed E-state index contributed by atoms with van der Waals surface area (Å²) in [5, 5.41) is 12.7. The van der Waals surface area contributed by atoms with Gasteiger partial charge < -0.3 is 0 Å². The van der Waals surface area contributed by atoms with Crippen LogP contribution in [0.2, 0.25) is 0 Å². The number of aliphatic imine (C=N–C) groups is 1. The van der Waals surface area contributed by atoms with Crippen LogP contribution in [0.5, 0.6) is 0 Å². The van der Waals surface area contributed by atoms with Gasteiger partial charge >= 0.3 is 0 Å². The van der Waals surface area contributed by atoms with E-state index in [9.17, 15) is 0 Å². The molecule has 3 aromatic rings. The number of hydrogen-bond acceptors (Lipinski definition) is 6. The maximum absolute atomic E-state index is 8.64. The van der Waals surface area contributed by atoms with Gasteiger partial charge in [0.1, 0.15) is 15.4 Å². The molecule has 0 aliphatic rings. The van der Waals surface area contributed by atoms with Crippen LogP contribution < -0.4 is 5.32 Å². The first-order chi connectivity index (χ1) is 10.8. The van der Waals surface area contributed by atoms with Gasteiger partial charge in [0.15, 0.2) is 11.4 Å². The van der Waals surface area contributed by atoms with E-state index in [2.05, 4.69) is 20.3 Å². The molecule has 0 unspecified atom stereocenters. The average Bonchev–Trinajstić information content (AvgIpc) is 2.99. The van der Waals surface area contributed by atoms with Gasteiger partial charge in [-0.15, -0.1) is 0 Å². The Kier molecular flexibility index (Phi) is 4.32. The zero-order valence-corrected chi connectivity index (χ0v) is 13.3. The Balaban J connectivity index is 1.89. The maximum Gasteiger partial charge on any atom is 0.183 e. The highest BCUT2D eigenvalue weighted by molar-refractivity contribution is 8.13. The number of fused-ring (bicyclic) bond motifs is 1. The lowest BCUT2D eigenvalue weighted by Crippen LogP contribution is -2.12. The highest BCUT2D eigenvalue weighted by Gasteiger charge is 2.06. The number of rotatable bonds is 2. The lowest BCUT2D eigenvalue weighted by Gasteiger charge is -2.00. The Morgan fingerprint density at radius 2 is 2.14 bits per heavy atom. The van der Waals surface area contributed by atoms with Crippen molar-refractivity contribution >= 4 is 44.3 Å². The van der Waals surface area contributed by atoms with Gasteiger partial charge in [-0.2, -0.15) is 5.26 Å². The number of nitriles is 1. The molecule has 22 heavy (non-hydrogen) atoms. The third-order valence-electron chi connectivity index (χ3n) is 2.87. The average molecular weight is 325 g/mol. The van der Waals surface area contributed by atoms with Gasteiger partial charge in [0.25, 0.3) is 0 Å². The first-order valence-electron chi connectivity index (χ1n) is 6.40. The monoisotopic (exact) mass is 325 g/mol. The zero-order valence-electron chi connectivity index (χ0n) is 11.6. The predicted octanol–water partition coefficient (Wildman–Crippen LogP) is 3.78. The second-order valence-electron chi connectivity index (χ2n) is 4.25. The molecule has 0 amide bonds. The number of amidine groups is 1. The Morgan fingerprint density at radius 1 is 1.32 bits per heavy atom. The Hall–Kier alpha value is -2.43. The number of benzene rings is 1. The number of pyridine rings is 1. The second-order valence-corrected chi connectivity index (χ2v) is 6.02. The fraction of sp³-hybridized carbons (Fsp3) is 0.0667. The highest BCUT2D eigenvalue weighted by Crippen LogP contribution is 2.29. The molecule has 0 bridgehead atoms. The summed E-state index contributed by atoms with van der Waals surface area (Å²) in [4.78, 5) is 14.2. The van der Waals surface area contributed by atoms with E-state index in [0.717, 1.165) is 26.6 Å². The number of nitrogens with zero attached hydrogens (tertiary/aromatic N) is 4. The molecule has 0 atom stereocenters. The van der Waals surface area contributed by atoms with Crippen LogP contribution in [0.1, 0.15) is 0 Å². The summed E-state index contributed by atoms with van der Waals surface area (Å²) in [5.74, 6) is 0. The summed E-state index contributed by atoms with van der Waals surface area (Å²) in [6, 6.07) is 11.6. The van der Waals surface area contributed by atoms with E-state index in [-0.39, 0.29) is 0 Å². The first kappa shape index (κ1) is 14.5. The molecule has 1 N–H and O–H groups in total. The van der Waals surface area contributed by atoms with Crippen molar-refractivity contribution in [3.8, 4) is 16.8 Å². The molecule has 108 valence electrons. The summed E-state index contributed by atoms with van der Waals surface area (Å²) >= 11 is 2.96. The summed E-state index contributed by atoms with van der Waals surface area (Å²) in [7, 11) is 0. The van der Waals surface area contributed by atoms with Crippen LogP contribution in [0.4, 0.5) is 5.69 Å². The minimum atomic E-state index is 0.569. The van der Waals surface area contributed by atoms with E-state index in [0.29, 0.717) is 5.17 Å². The van der Waals surface area contributed by atoms with Gasteiger partial charge in [0, 0.05) is 11.8 Å². The van der Waals surface area contributed by atoms with E-state index in [1.807, 2.05) is 48.8 Å². The summed E-state index contributed by atoms with van der Waals surface area (Å²) in [5.41, 5.74) is 2.73. The van der Waals surface area contributed by atoms with E-state index < -0.39 is 0 Å². The topological polar surface area (TPSA) is 74.0 Å². The minimum Gasteiger partial charge on any atom is -0.271 e. The van der Waals surface area contributed by atoms with Gasteiger partial charge in [0.05, 0.1) is 5.69 Å². The fourth-order valence-electron chi connectivity index (χ4n) is 1.86. The van der Waals surface area contributed by atoms with Gasteiger partial charge in [0.2, 0.25) is 0 Å². The third kappa shape index (κ3) is 3.08. The lowest BCUT2D eigenvalue weighted by atomic mass is 10.2. The van der Waals surface area contributed by atoms with Crippen molar-refractivity contribution < 1.29 is 0 Å². The van der Waals surface area contributed by atoms with Crippen molar-refractivity contribution in [1.29, 1.82) is 5.26 Å². The molecular weight excluding hydrogens is 314 g/mol. The molecule has 5 nitrogen and oxygen atoms in total. The number of thiazole rings is 1. The number of nitrogens with one attached hydrogen (secondary N) is 1. The van der Waals surface area contributed by atoms with Crippen molar-refractivity contribution in [3.05, 3.63) is 42.6 Å². The Bertz CT molecular complexity index is 829. The van der Waals surface area contributed by atoms with Crippen molar-refractivity contribution in [2.45, 2.75) is 0 Å². The molecule has 0 fully saturated rings. The summed E-state index contributed by atoms with van der Waals surface area (Å²) in [6.45, 7) is 0. The van der Waals surface area contributed by atoms with E-state index in [4.69, 9.17) is 5.26 Å². The minimum absolute atomic E-state index is 0.569. The molecule has 0 saturated heterocycles.